The predicted molar refractivity (Wildman–Crippen MR) is 63.6 cm³/mol. The van der Waals surface area contributed by atoms with E-state index in [9.17, 15) is 9.90 Å². The summed E-state index contributed by atoms with van der Waals surface area (Å²) in [6, 6.07) is -0.189. The van der Waals surface area contributed by atoms with Crippen molar-refractivity contribution in [2.75, 3.05) is 33.4 Å². The van der Waals surface area contributed by atoms with Gasteiger partial charge in [0.05, 0.1) is 18.8 Å². The van der Waals surface area contributed by atoms with Gasteiger partial charge in [-0.05, 0) is 25.2 Å². The van der Waals surface area contributed by atoms with Gasteiger partial charge in [0.15, 0.2) is 0 Å². The number of aliphatic hydroxyl groups is 1. The summed E-state index contributed by atoms with van der Waals surface area (Å²) in [6.45, 7) is 2.89. The summed E-state index contributed by atoms with van der Waals surface area (Å²) in [5.74, 6) is 0.603. The minimum atomic E-state index is -0.372. The van der Waals surface area contributed by atoms with Gasteiger partial charge in [0.1, 0.15) is 0 Å². The molecule has 5 heteroatoms. The third-order valence-corrected chi connectivity index (χ3v) is 3.64. The Balaban J connectivity index is 1.86. The van der Waals surface area contributed by atoms with Crippen LogP contribution in [0.2, 0.25) is 0 Å². The summed E-state index contributed by atoms with van der Waals surface area (Å²) in [5.41, 5.74) is 0. The zero-order valence-electron chi connectivity index (χ0n) is 10.4. The molecule has 2 heterocycles. The number of rotatable bonds is 3. The summed E-state index contributed by atoms with van der Waals surface area (Å²) in [6.07, 6.45) is 2.36. The summed E-state index contributed by atoms with van der Waals surface area (Å²) < 4.78 is 5.16. The lowest BCUT2D eigenvalue weighted by atomic mass is 9.98. The van der Waals surface area contributed by atoms with E-state index in [4.69, 9.17) is 4.74 Å². The van der Waals surface area contributed by atoms with Crippen LogP contribution in [0.15, 0.2) is 0 Å². The molecule has 3 unspecified atom stereocenters. The number of piperidine rings is 1. The van der Waals surface area contributed by atoms with E-state index in [0.717, 1.165) is 32.5 Å². The zero-order chi connectivity index (χ0) is 12.3. The Morgan fingerprint density at radius 3 is 3.06 bits per heavy atom. The van der Waals surface area contributed by atoms with E-state index in [2.05, 4.69) is 5.32 Å². The SMILES string of the molecule is COCC1CCCN(C(=O)C2CC(O)CN2)C1. The van der Waals surface area contributed by atoms with Crippen molar-refractivity contribution in [3.8, 4) is 0 Å². The lowest BCUT2D eigenvalue weighted by Crippen LogP contribution is -2.48. The van der Waals surface area contributed by atoms with Crippen LogP contribution in [0.4, 0.5) is 0 Å². The summed E-state index contributed by atoms with van der Waals surface area (Å²) in [7, 11) is 1.70. The minimum Gasteiger partial charge on any atom is -0.392 e. The maximum absolute atomic E-state index is 12.2. The van der Waals surface area contributed by atoms with Crippen LogP contribution in [0.3, 0.4) is 0 Å². The third-order valence-electron chi connectivity index (χ3n) is 3.64. The van der Waals surface area contributed by atoms with E-state index >= 15 is 0 Å². The fraction of sp³-hybridized carbons (Fsp3) is 0.917. The van der Waals surface area contributed by atoms with Gasteiger partial charge in [-0.25, -0.2) is 0 Å². The maximum atomic E-state index is 12.2. The molecule has 2 N–H and O–H groups in total. The smallest absolute Gasteiger partial charge is 0.239 e. The fourth-order valence-electron chi connectivity index (χ4n) is 2.76. The average molecular weight is 242 g/mol. The number of ether oxygens (including phenoxy) is 1. The molecule has 2 aliphatic heterocycles. The Labute approximate surface area is 102 Å². The monoisotopic (exact) mass is 242 g/mol. The number of hydrogen-bond donors (Lipinski definition) is 2. The van der Waals surface area contributed by atoms with Crippen LogP contribution in [0.25, 0.3) is 0 Å². The molecule has 0 aromatic carbocycles. The number of nitrogens with one attached hydrogen (secondary N) is 1. The predicted octanol–water partition coefficient (Wildman–Crippen LogP) is -0.406. The molecule has 98 valence electrons. The molecule has 0 aromatic heterocycles. The van der Waals surface area contributed by atoms with Crippen molar-refractivity contribution in [2.45, 2.75) is 31.4 Å². The highest BCUT2D eigenvalue weighted by atomic mass is 16.5. The van der Waals surface area contributed by atoms with Crippen molar-refractivity contribution in [3.05, 3.63) is 0 Å². The van der Waals surface area contributed by atoms with Gasteiger partial charge in [0.25, 0.3) is 0 Å². The van der Waals surface area contributed by atoms with E-state index in [1.807, 2.05) is 4.90 Å². The lowest BCUT2D eigenvalue weighted by Gasteiger charge is -2.34. The van der Waals surface area contributed by atoms with E-state index in [0.29, 0.717) is 18.9 Å². The van der Waals surface area contributed by atoms with Crippen molar-refractivity contribution >= 4 is 5.91 Å². The van der Waals surface area contributed by atoms with Crippen LogP contribution in [0, 0.1) is 5.92 Å². The Bertz CT molecular complexity index is 270. The zero-order valence-corrected chi connectivity index (χ0v) is 10.4. The summed E-state index contributed by atoms with van der Waals surface area (Å²) in [5, 5.41) is 12.5. The Morgan fingerprint density at radius 2 is 2.41 bits per heavy atom. The average Bonchev–Trinajstić information content (AvgIpc) is 2.76. The van der Waals surface area contributed by atoms with Gasteiger partial charge in [-0.1, -0.05) is 0 Å². The van der Waals surface area contributed by atoms with Gasteiger partial charge in [-0.3, -0.25) is 4.79 Å². The molecule has 2 fully saturated rings. The highest BCUT2D eigenvalue weighted by molar-refractivity contribution is 5.82. The second-order valence-corrected chi connectivity index (χ2v) is 5.10. The largest absolute Gasteiger partial charge is 0.392 e. The van der Waals surface area contributed by atoms with Crippen LogP contribution in [0.5, 0.6) is 0 Å². The molecule has 17 heavy (non-hydrogen) atoms. The molecule has 0 bridgehead atoms. The number of nitrogens with zero attached hydrogens (tertiary/aromatic N) is 1. The van der Waals surface area contributed by atoms with Gasteiger partial charge < -0.3 is 20.1 Å². The second kappa shape index (κ2) is 5.80. The summed E-state index contributed by atoms with van der Waals surface area (Å²) in [4.78, 5) is 14.1. The Morgan fingerprint density at radius 1 is 1.59 bits per heavy atom. The quantitative estimate of drug-likeness (QED) is 0.706. The number of β-amino-alcohol motifs (C(OH)–C–C–N with tert-alkyl or cyclic N) is 1. The molecule has 5 nitrogen and oxygen atoms in total. The van der Waals surface area contributed by atoms with Gasteiger partial charge in [0.2, 0.25) is 5.91 Å². The highest BCUT2D eigenvalue weighted by Gasteiger charge is 2.33. The van der Waals surface area contributed by atoms with E-state index in [1.54, 1.807) is 7.11 Å². The normalized spacial score (nSPS) is 34.0. The second-order valence-electron chi connectivity index (χ2n) is 5.10. The van der Waals surface area contributed by atoms with Gasteiger partial charge in [-0.15, -0.1) is 0 Å². The molecule has 0 radical (unpaired) electrons. The van der Waals surface area contributed by atoms with Crippen LogP contribution in [-0.2, 0) is 9.53 Å². The first kappa shape index (κ1) is 12.8. The van der Waals surface area contributed by atoms with Gasteiger partial charge in [0, 0.05) is 26.7 Å². The Hall–Kier alpha value is -0.650. The Kier molecular flexibility index (Phi) is 4.36. The maximum Gasteiger partial charge on any atom is 0.239 e. The number of aliphatic hydroxyl groups excluding tert-OH is 1. The summed E-state index contributed by atoms with van der Waals surface area (Å²) >= 11 is 0. The molecular formula is C12H22N2O3. The van der Waals surface area contributed by atoms with E-state index < -0.39 is 0 Å². The number of likely N-dealkylation sites (tertiary alicyclic amines) is 1. The molecule has 2 aliphatic rings. The third kappa shape index (κ3) is 3.18. The number of hydrogen-bond acceptors (Lipinski definition) is 4. The van der Waals surface area contributed by atoms with Crippen LogP contribution in [-0.4, -0.2) is 61.4 Å². The van der Waals surface area contributed by atoms with Gasteiger partial charge in [-0.2, -0.15) is 0 Å². The molecule has 3 atom stereocenters. The van der Waals surface area contributed by atoms with Crippen molar-refractivity contribution in [1.82, 2.24) is 10.2 Å². The lowest BCUT2D eigenvalue weighted by molar-refractivity contribution is -0.135. The molecular weight excluding hydrogens is 220 g/mol. The molecule has 0 aliphatic carbocycles. The standard InChI is InChI=1S/C12H22N2O3/c1-17-8-9-3-2-4-14(7-9)12(16)11-5-10(15)6-13-11/h9-11,13,15H,2-8H2,1H3. The molecule has 0 spiro atoms. The van der Waals surface area contributed by atoms with Crippen LogP contribution < -0.4 is 5.32 Å². The van der Waals surface area contributed by atoms with E-state index in [-0.39, 0.29) is 18.1 Å². The van der Waals surface area contributed by atoms with Crippen molar-refractivity contribution in [2.24, 2.45) is 5.92 Å². The van der Waals surface area contributed by atoms with E-state index in [1.165, 1.54) is 0 Å². The van der Waals surface area contributed by atoms with Crippen LogP contribution in [0.1, 0.15) is 19.3 Å². The molecule has 2 saturated heterocycles. The molecule has 1 amide bonds. The molecule has 0 aromatic rings. The first-order valence-electron chi connectivity index (χ1n) is 6.40. The number of carbonyl (C=O) groups is 1. The molecule has 0 saturated carbocycles. The number of methoxy groups -OCH3 is 1. The van der Waals surface area contributed by atoms with Crippen LogP contribution >= 0.6 is 0 Å². The fourth-order valence-corrected chi connectivity index (χ4v) is 2.76. The minimum absolute atomic E-state index is 0.141. The first-order chi connectivity index (χ1) is 8.20. The highest BCUT2D eigenvalue weighted by Crippen LogP contribution is 2.19. The first-order valence-corrected chi connectivity index (χ1v) is 6.40. The van der Waals surface area contributed by atoms with Crippen molar-refractivity contribution in [1.29, 1.82) is 0 Å². The van der Waals surface area contributed by atoms with Crippen molar-refractivity contribution in [3.63, 3.8) is 0 Å². The number of amides is 1. The molecule has 2 rings (SSSR count). The number of carbonyl (C=O) groups excluding carboxylic acids is 1. The topological polar surface area (TPSA) is 61.8 Å². The van der Waals surface area contributed by atoms with Gasteiger partial charge >= 0.3 is 0 Å². The van der Waals surface area contributed by atoms with Crippen molar-refractivity contribution < 1.29 is 14.6 Å².